The lowest BCUT2D eigenvalue weighted by atomic mass is 9.86. The van der Waals surface area contributed by atoms with Gasteiger partial charge in [0.2, 0.25) is 0 Å². The number of benzene rings is 1. The van der Waals surface area contributed by atoms with Crippen molar-refractivity contribution in [1.82, 2.24) is 14.8 Å². The fourth-order valence-corrected chi connectivity index (χ4v) is 3.51. The van der Waals surface area contributed by atoms with Crippen molar-refractivity contribution in [3.05, 3.63) is 34.8 Å². The maximum Gasteiger partial charge on any atom is 0.420 e. The quantitative estimate of drug-likeness (QED) is 0.863. The second-order valence-corrected chi connectivity index (χ2v) is 6.69. The van der Waals surface area contributed by atoms with E-state index in [-0.39, 0.29) is 18.7 Å². The lowest BCUT2D eigenvalue weighted by molar-refractivity contribution is 0.134. The Balaban J connectivity index is 1.52. The third-order valence-corrected chi connectivity index (χ3v) is 5.13. The van der Waals surface area contributed by atoms with E-state index in [1.54, 1.807) is 18.0 Å². The average Bonchev–Trinajstić information content (AvgIpc) is 2.96. The molecule has 25 heavy (non-hydrogen) atoms. The summed E-state index contributed by atoms with van der Waals surface area (Å²) in [6.45, 7) is 0.960. The smallest absolute Gasteiger partial charge is 0.408 e. The van der Waals surface area contributed by atoms with Gasteiger partial charge >= 0.3 is 11.8 Å². The normalized spacial score (nSPS) is 20.6. The van der Waals surface area contributed by atoms with Gasteiger partial charge in [0.25, 0.3) is 0 Å². The molecule has 1 aromatic carbocycles. The molecule has 0 bridgehead atoms. The summed E-state index contributed by atoms with van der Waals surface area (Å²) >= 11 is 0. The highest BCUT2D eigenvalue weighted by Gasteiger charge is 2.26. The molecule has 0 unspecified atom stereocenters. The molecule has 2 amide bonds. The Morgan fingerprint density at radius 3 is 2.76 bits per heavy atom. The van der Waals surface area contributed by atoms with Crippen molar-refractivity contribution in [2.45, 2.75) is 38.3 Å². The molecule has 0 saturated heterocycles. The van der Waals surface area contributed by atoms with Crippen molar-refractivity contribution in [2.75, 3.05) is 20.2 Å². The van der Waals surface area contributed by atoms with Crippen LogP contribution in [-0.4, -0.2) is 46.8 Å². The molecule has 1 aromatic heterocycles. The van der Waals surface area contributed by atoms with Crippen LogP contribution in [0.3, 0.4) is 0 Å². The van der Waals surface area contributed by atoms with Crippen LogP contribution in [-0.2, 0) is 6.54 Å². The molecule has 7 heteroatoms. The number of urea groups is 1. The molecule has 2 aromatic rings. The summed E-state index contributed by atoms with van der Waals surface area (Å²) in [5.41, 5.74) is 1.29. The minimum Gasteiger partial charge on any atom is -0.408 e. The van der Waals surface area contributed by atoms with Crippen LogP contribution < -0.4 is 11.1 Å². The van der Waals surface area contributed by atoms with Crippen LogP contribution in [0, 0.1) is 5.92 Å². The molecule has 0 aliphatic heterocycles. The van der Waals surface area contributed by atoms with E-state index in [9.17, 15) is 14.7 Å². The highest BCUT2D eigenvalue weighted by molar-refractivity contribution is 5.74. The van der Waals surface area contributed by atoms with E-state index in [1.165, 1.54) is 4.57 Å². The first-order chi connectivity index (χ1) is 12.1. The van der Waals surface area contributed by atoms with Gasteiger partial charge in [0.1, 0.15) is 0 Å². The zero-order valence-corrected chi connectivity index (χ0v) is 14.5. The van der Waals surface area contributed by atoms with E-state index in [0.29, 0.717) is 24.6 Å². The highest BCUT2D eigenvalue weighted by Crippen LogP contribution is 2.26. The minimum atomic E-state index is -0.411. The molecule has 3 rings (SSSR count). The van der Waals surface area contributed by atoms with Gasteiger partial charge in [0, 0.05) is 32.8 Å². The molecule has 1 aliphatic rings. The third-order valence-electron chi connectivity index (χ3n) is 5.13. The average molecular weight is 347 g/mol. The van der Waals surface area contributed by atoms with Crippen molar-refractivity contribution in [3.8, 4) is 0 Å². The molecule has 1 fully saturated rings. The van der Waals surface area contributed by atoms with E-state index in [1.807, 2.05) is 18.2 Å². The summed E-state index contributed by atoms with van der Waals surface area (Å²) in [6.07, 6.45) is 3.74. The molecular weight excluding hydrogens is 322 g/mol. The standard InChI is InChI=1S/C18H25N3O4/c1-20(14-8-6-13(12-22)7-9-14)17(23)19-10-11-21-15-4-2-3-5-16(15)25-18(21)24/h2-5,13-14,22H,6-12H2,1H3,(H,19,23). The van der Waals surface area contributed by atoms with Gasteiger partial charge in [-0.15, -0.1) is 0 Å². The zero-order valence-electron chi connectivity index (χ0n) is 14.5. The molecule has 0 spiro atoms. The summed E-state index contributed by atoms with van der Waals surface area (Å²) in [7, 11) is 1.80. The number of aliphatic hydroxyl groups excluding tert-OH is 1. The molecule has 1 saturated carbocycles. The van der Waals surface area contributed by atoms with Crippen LogP contribution >= 0.6 is 0 Å². The number of hydrogen-bond acceptors (Lipinski definition) is 4. The minimum absolute atomic E-state index is 0.131. The second kappa shape index (κ2) is 7.74. The van der Waals surface area contributed by atoms with Crippen molar-refractivity contribution in [2.24, 2.45) is 5.92 Å². The predicted octanol–water partition coefficient (Wildman–Crippen LogP) is 1.79. The van der Waals surface area contributed by atoms with Gasteiger partial charge in [-0.05, 0) is 43.7 Å². The van der Waals surface area contributed by atoms with E-state index in [2.05, 4.69) is 5.32 Å². The number of carbonyl (C=O) groups excluding carboxylic acids is 1. The Morgan fingerprint density at radius 2 is 2.04 bits per heavy atom. The highest BCUT2D eigenvalue weighted by atomic mass is 16.4. The summed E-state index contributed by atoms with van der Waals surface area (Å²) < 4.78 is 6.71. The molecule has 136 valence electrons. The van der Waals surface area contributed by atoms with Gasteiger partial charge in [-0.2, -0.15) is 0 Å². The lowest BCUT2D eigenvalue weighted by Crippen LogP contribution is -2.46. The number of carbonyl (C=O) groups is 1. The number of para-hydroxylation sites is 2. The van der Waals surface area contributed by atoms with Crippen molar-refractivity contribution >= 4 is 17.1 Å². The number of aromatic nitrogens is 1. The van der Waals surface area contributed by atoms with Gasteiger partial charge in [-0.25, -0.2) is 9.59 Å². The fourth-order valence-electron chi connectivity index (χ4n) is 3.51. The number of amides is 2. The Labute approximate surface area is 146 Å². The first-order valence-corrected chi connectivity index (χ1v) is 8.80. The number of rotatable bonds is 5. The van der Waals surface area contributed by atoms with Crippen LogP contribution in [0.5, 0.6) is 0 Å². The lowest BCUT2D eigenvalue weighted by Gasteiger charge is -2.34. The second-order valence-electron chi connectivity index (χ2n) is 6.69. The van der Waals surface area contributed by atoms with Gasteiger partial charge in [0.05, 0.1) is 5.52 Å². The Morgan fingerprint density at radius 1 is 1.32 bits per heavy atom. The SMILES string of the molecule is CN(C(=O)NCCn1c(=O)oc2ccccc21)C1CCC(CO)CC1. The maximum atomic E-state index is 12.3. The van der Waals surface area contributed by atoms with Crippen molar-refractivity contribution in [1.29, 1.82) is 0 Å². The summed E-state index contributed by atoms with van der Waals surface area (Å²) in [5, 5.41) is 12.1. The van der Waals surface area contributed by atoms with E-state index in [0.717, 1.165) is 31.2 Å². The van der Waals surface area contributed by atoms with Crippen LogP contribution in [0.25, 0.3) is 11.1 Å². The molecule has 0 atom stereocenters. The van der Waals surface area contributed by atoms with E-state index in [4.69, 9.17) is 4.42 Å². The summed E-state index contributed by atoms with van der Waals surface area (Å²) in [5.74, 6) is -0.0416. The zero-order chi connectivity index (χ0) is 17.8. The van der Waals surface area contributed by atoms with E-state index < -0.39 is 5.76 Å². The topological polar surface area (TPSA) is 87.7 Å². The number of nitrogens with zero attached hydrogens (tertiary/aromatic N) is 2. The van der Waals surface area contributed by atoms with Crippen LogP contribution in [0.1, 0.15) is 25.7 Å². The van der Waals surface area contributed by atoms with Crippen molar-refractivity contribution in [3.63, 3.8) is 0 Å². The first kappa shape index (κ1) is 17.5. The third kappa shape index (κ3) is 3.87. The number of oxazole rings is 1. The summed E-state index contributed by atoms with van der Waals surface area (Å²) in [4.78, 5) is 26.0. The van der Waals surface area contributed by atoms with Crippen LogP contribution in [0.15, 0.2) is 33.5 Å². The predicted molar refractivity (Wildman–Crippen MR) is 94.5 cm³/mol. The fraction of sp³-hybridized carbons (Fsp3) is 0.556. The van der Waals surface area contributed by atoms with Gasteiger partial charge in [0.15, 0.2) is 5.58 Å². The van der Waals surface area contributed by atoms with Gasteiger partial charge < -0.3 is 19.7 Å². The largest absolute Gasteiger partial charge is 0.420 e. The molecular formula is C18H25N3O4. The molecule has 1 heterocycles. The van der Waals surface area contributed by atoms with E-state index >= 15 is 0 Å². The van der Waals surface area contributed by atoms with Gasteiger partial charge in [-0.3, -0.25) is 4.57 Å². The monoisotopic (exact) mass is 347 g/mol. The summed E-state index contributed by atoms with van der Waals surface area (Å²) in [6, 6.07) is 7.32. The van der Waals surface area contributed by atoms with Crippen LogP contribution in [0.2, 0.25) is 0 Å². The number of nitrogens with one attached hydrogen (secondary N) is 1. The molecule has 7 nitrogen and oxygen atoms in total. The number of fused-ring (bicyclic) bond motifs is 1. The van der Waals surface area contributed by atoms with Crippen LogP contribution in [0.4, 0.5) is 4.79 Å². The Hall–Kier alpha value is -2.28. The number of aliphatic hydroxyl groups is 1. The Kier molecular flexibility index (Phi) is 5.43. The molecule has 2 N–H and O–H groups in total. The van der Waals surface area contributed by atoms with Gasteiger partial charge in [-0.1, -0.05) is 12.1 Å². The molecule has 0 radical (unpaired) electrons. The van der Waals surface area contributed by atoms with Crippen molar-refractivity contribution < 1.29 is 14.3 Å². The first-order valence-electron chi connectivity index (χ1n) is 8.80. The molecule has 1 aliphatic carbocycles. The maximum absolute atomic E-state index is 12.3. The Bertz CT molecular complexity index is 774. The number of hydrogen-bond donors (Lipinski definition) is 2.